The fourth-order valence-corrected chi connectivity index (χ4v) is 3.70. The lowest BCUT2D eigenvalue weighted by Crippen LogP contribution is -2.39. The van der Waals surface area contributed by atoms with Gasteiger partial charge in [-0.25, -0.2) is 0 Å². The van der Waals surface area contributed by atoms with Crippen molar-refractivity contribution in [2.45, 2.75) is 46.0 Å². The molecule has 0 N–H and O–H groups in total. The Balaban J connectivity index is 1.99. The van der Waals surface area contributed by atoms with Crippen molar-refractivity contribution in [3.8, 4) is 11.5 Å². The summed E-state index contributed by atoms with van der Waals surface area (Å²) in [4.78, 5) is 25.6. The van der Waals surface area contributed by atoms with Crippen LogP contribution in [0.4, 0.5) is 0 Å². The number of ether oxygens (including phenoxy) is 4. The maximum atomic E-state index is 12.9. The highest BCUT2D eigenvalue weighted by Gasteiger charge is 2.45. The number of hydrogen-bond acceptors (Lipinski definition) is 6. The third kappa shape index (κ3) is 3.50. The first kappa shape index (κ1) is 18.5. The summed E-state index contributed by atoms with van der Waals surface area (Å²) in [6.45, 7) is 6.72. The molecule has 1 aromatic rings. The second-order valence-electron chi connectivity index (χ2n) is 6.92. The Labute approximate surface area is 153 Å². The van der Waals surface area contributed by atoms with Crippen LogP contribution in [0.1, 0.15) is 50.7 Å². The smallest absolute Gasteiger partial charge is 0.314 e. The maximum Gasteiger partial charge on any atom is 0.314 e. The molecule has 3 atom stereocenters. The fourth-order valence-electron chi connectivity index (χ4n) is 3.70. The second kappa shape index (κ2) is 7.98. The van der Waals surface area contributed by atoms with Crippen molar-refractivity contribution in [1.29, 1.82) is 0 Å². The Morgan fingerprint density at radius 3 is 2.31 bits per heavy atom. The Bertz CT molecular complexity index is 683. The first-order valence-corrected chi connectivity index (χ1v) is 9.32. The number of carbonyl (C=O) groups is 2. The van der Waals surface area contributed by atoms with Crippen LogP contribution in [0.2, 0.25) is 0 Å². The van der Waals surface area contributed by atoms with E-state index >= 15 is 0 Å². The summed E-state index contributed by atoms with van der Waals surface area (Å²) in [6.07, 6.45) is 2.15. The van der Waals surface area contributed by atoms with Gasteiger partial charge in [-0.1, -0.05) is 20.8 Å². The predicted octanol–water partition coefficient (Wildman–Crippen LogP) is 3.21. The van der Waals surface area contributed by atoms with Crippen molar-refractivity contribution in [2.75, 3.05) is 20.0 Å². The summed E-state index contributed by atoms with van der Waals surface area (Å²) >= 11 is 0. The zero-order valence-electron chi connectivity index (χ0n) is 15.6. The van der Waals surface area contributed by atoms with Crippen molar-refractivity contribution in [3.63, 3.8) is 0 Å². The summed E-state index contributed by atoms with van der Waals surface area (Å²) in [5, 5.41) is 0. The highest BCUT2D eigenvalue weighted by molar-refractivity contribution is 5.88. The summed E-state index contributed by atoms with van der Waals surface area (Å²) in [6, 6.07) is 3.74. The molecule has 1 aliphatic heterocycles. The normalized spacial score (nSPS) is 23.3. The van der Waals surface area contributed by atoms with Gasteiger partial charge in [-0.3, -0.25) is 9.59 Å². The van der Waals surface area contributed by atoms with Crippen LogP contribution in [0.3, 0.4) is 0 Å². The number of carbonyl (C=O) groups excluding carboxylic acids is 2. The maximum absolute atomic E-state index is 12.9. The quantitative estimate of drug-likeness (QED) is 0.724. The molecule has 0 fully saturated rings. The summed E-state index contributed by atoms with van der Waals surface area (Å²) < 4.78 is 21.7. The molecule has 0 radical (unpaired) electrons. The van der Waals surface area contributed by atoms with E-state index in [1.165, 1.54) is 0 Å². The molecule has 1 aromatic carbocycles. The second-order valence-corrected chi connectivity index (χ2v) is 6.92. The first-order valence-electron chi connectivity index (χ1n) is 9.32. The van der Waals surface area contributed by atoms with Crippen LogP contribution in [0, 0.1) is 11.8 Å². The van der Waals surface area contributed by atoms with Crippen molar-refractivity contribution >= 4 is 11.9 Å². The molecule has 26 heavy (non-hydrogen) atoms. The van der Waals surface area contributed by atoms with E-state index in [4.69, 9.17) is 18.9 Å². The first-order chi connectivity index (χ1) is 12.6. The van der Waals surface area contributed by atoms with E-state index in [0.717, 1.165) is 24.0 Å². The molecule has 2 aliphatic rings. The number of hydrogen-bond donors (Lipinski definition) is 0. The number of benzene rings is 1. The zero-order chi connectivity index (χ0) is 18.7. The molecule has 1 aliphatic carbocycles. The number of rotatable bonds is 6. The Hall–Kier alpha value is -2.24. The molecule has 6 heteroatoms. The molecule has 0 saturated heterocycles. The summed E-state index contributed by atoms with van der Waals surface area (Å²) in [5.41, 5.74) is 1.78. The van der Waals surface area contributed by atoms with Crippen molar-refractivity contribution in [1.82, 2.24) is 0 Å². The topological polar surface area (TPSA) is 71.1 Å². The highest BCUT2D eigenvalue weighted by Crippen LogP contribution is 2.46. The van der Waals surface area contributed by atoms with E-state index in [1.54, 1.807) is 0 Å². The molecule has 0 saturated carbocycles. The molecule has 142 valence electrons. The molecule has 3 rings (SSSR count). The highest BCUT2D eigenvalue weighted by atomic mass is 16.7. The standard InChI is InChI=1S/C20H26O6/c1-4-6-23-19(21)17-12(3)8-13-9-15-16(26-11-25-15)10-14(13)18(17)20(22)24-7-5-2/h9-10,12,17-18H,4-8,11H2,1-3H3/t12-,17-,18-/m0/s1. The molecule has 6 nitrogen and oxygen atoms in total. The van der Waals surface area contributed by atoms with Gasteiger partial charge in [0.05, 0.1) is 25.0 Å². The molecule has 1 heterocycles. The monoisotopic (exact) mass is 362 g/mol. The minimum absolute atomic E-state index is 0.0357. The van der Waals surface area contributed by atoms with Gasteiger partial charge in [0.15, 0.2) is 11.5 Å². The lowest BCUT2D eigenvalue weighted by molar-refractivity contribution is -0.160. The molecular formula is C20H26O6. The Kier molecular flexibility index (Phi) is 5.69. The van der Waals surface area contributed by atoms with Gasteiger partial charge >= 0.3 is 11.9 Å². The van der Waals surface area contributed by atoms with Gasteiger partial charge in [-0.15, -0.1) is 0 Å². The molecule has 0 aromatic heterocycles. The molecular weight excluding hydrogens is 336 g/mol. The van der Waals surface area contributed by atoms with Crippen molar-refractivity contribution in [3.05, 3.63) is 23.3 Å². The van der Waals surface area contributed by atoms with Gasteiger partial charge in [-0.2, -0.15) is 0 Å². The SMILES string of the molecule is CCCOC(=O)[C@H]1[C@@H](C)Cc2cc3c(cc2[C@@H]1C(=O)OCCC)OCO3. The van der Waals surface area contributed by atoms with Crippen molar-refractivity contribution < 1.29 is 28.5 Å². The molecule has 0 bridgehead atoms. The third-order valence-electron chi connectivity index (χ3n) is 4.91. The molecule has 0 amide bonds. The van der Waals surface area contributed by atoms with Crippen molar-refractivity contribution in [2.24, 2.45) is 11.8 Å². The third-order valence-corrected chi connectivity index (χ3v) is 4.91. The van der Waals surface area contributed by atoms with Crippen LogP contribution < -0.4 is 9.47 Å². The summed E-state index contributed by atoms with van der Waals surface area (Å²) in [7, 11) is 0. The van der Waals surface area contributed by atoms with Crippen LogP contribution in [0.5, 0.6) is 11.5 Å². The van der Waals surface area contributed by atoms with E-state index in [-0.39, 0.29) is 24.6 Å². The lowest BCUT2D eigenvalue weighted by atomic mass is 9.69. The lowest BCUT2D eigenvalue weighted by Gasteiger charge is -2.35. The zero-order valence-corrected chi connectivity index (χ0v) is 15.6. The number of fused-ring (bicyclic) bond motifs is 2. The average Bonchev–Trinajstić information content (AvgIpc) is 3.08. The fraction of sp³-hybridized carbons (Fsp3) is 0.600. The van der Waals surface area contributed by atoms with E-state index < -0.39 is 11.8 Å². The molecule has 0 unspecified atom stereocenters. The predicted molar refractivity (Wildman–Crippen MR) is 94.2 cm³/mol. The van der Waals surface area contributed by atoms with Crippen LogP contribution in [-0.2, 0) is 25.5 Å². The Morgan fingerprint density at radius 1 is 1.04 bits per heavy atom. The van der Waals surface area contributed by atoms with E-state index in [9.17, 15) is 9.59 Å². The van der Waals surface area contributed by atoms with Crippen LogP contribution >= 0.6 is 0 Å². The van der Waals surface area contributed by atoms with Crippen LogP contribution in [-0.4, -0.2) is 31.9 Å². The van der Waals surface area contributed by atoms with Gasteiger partial charge < -0.3 is 18.9 Å². The van der Waals surface area contributed by atoms with Gasteiger partial charge in [-0.05, 0) is 48.4 Å². The van der Waals surface area contributed by atoms with E-state index in [1.807, 2.05) is 32.9 Å². The van der Waals surface area contributed by atoms with Crippen LogP contribution in [0.15, 0.2) is 12.1 Å². The van der Waals surface area contributed by atoms with Crippen LogP contribution in [0.25, 0.3) is 0 Å². The van der Waals surface area contributed by atoms with Gasteiger partial charge in [0.2, 0.25) is 6.79 Å². The minimum Gasteiger partial charge on any atom is -0.465 e. The largest absolute Gasteiger partial charge is 0.465 e. The summed E-state index contributed by atoms with van der Waals surface area (Å²) in [5.74, 6) is -0.696. The van der Waals surface area contributed by atoms with Gasteiger partial charge in [0.25, 0.3) is 0 Å². The Morgan fingerprint density at radius 2 is 1.65 bits per heavy atom. The minimum atomic E-state index is -0.681. The van der Waals surface area contributed by atoms with Gasteiger partial charge in [0.1, 0.15) is 0 Å². The number of esters is 2. The van der Waals surface area contributed by atoms with Gasteiger partial charge in [0, 0.05) is 0 Å². The average molecular weight is 362 g/mol. The van der Waals surface area contributed by atoms with E-state index in [2.05, 4.69) is 0 Å². The van der Waals surface area contributed by atoms with E-state index in [0.29, 0.717) is 31.1 Å². The molecule has 0 spiro atoms.